The van der Waals surface area contributed by atoms with Gasteiger partial charge in [0.25, 0.3) is 5.91 Å². The normalized spacial score (nSPS) is 16.3. The van der Waals surface area contributed by atoms with Crippen LogP contribution < -0.4 is 15.0 Å². The van der Waals surface area contributed by atoms with Crippen molar-refractivity contribution in [3.63, 3.8) is 0 Å². The Balaban J connectivity index is 1.42. The van der Waals surface area contributed by atoms with Gasteiger partial charge in [-0.3, -0.25) is 9.59 Å². The number of hydrogen-bond acceptors (Lipinski definition) is 6. The highest BCUT2D eigenvalue weighted by Crippen LogP contribution is 2.36. The zero-order valence-corrected chi connectivity index (χ0v) is 19.3. The Morgan fingerprint density at radius 2 is 1.91 bits per heavy atom. The monoisotopic (exact) mass is 496 g/mol. The minimum atomic E-state index is -4.11. The predicted molar refractivity (Wildman–Crippen MR) is 121 cm³/mol. The number of anilines is 2. The quantitative estimate of drug-likeness (QED) is 0.677. The van der Waals surface area contributed by atoms with E-state index >= 15 is 0 Å². The summed E-state index contributed by atoms with van der Waals surface area (Å²) >= 11 is 6.17. The smallest absolute Gasteiger partial charge is 0.262 e. The lowest BCUT2D eigenvalue weighted by Crippen LogP contribution is -2.51. The number of fused-ring (bicyclic) bond motifs is 1. The maximum absolute atomic E-state index is 14.0. The maximum atomic E-state index is 14.0. The zero-order valence-electron chi connectivity index (χ0n) is 17.8. The van der Waals surface area contributed by atoms with Crippen molar-refractivity contribution in [3.05, 3.63) is 47.2 Å². The van der Waals surface area contributed by atoms with Crippen LogP contribution in [0, 0.1) is 5.82 Å². The molecule has 0 unspecified atom stereocenters. The van der Waals surface area contributed by atoms with Gasteiger partial charge in [-0.15, -0.1) is 0 Å². The van der Waals surface area contributed by atoms with Gasteiger partial charge in [0, 0.05) is 39.3 Å². The molecule has 1 fully saturated rings. The summed E-state index contributed by atoms with van der Waals surface area (Å²) in [6, 6.07) is 8.98. The lowest BCUT2D eigenvalue weighted by Gasteiger charge is -2.36. The van der Waals surface area contributed by atoms with Crippen molar-refractivity contribution in [1.82, 2.24) is 9.21 Å². The molecule has 0 spiro atoms. The number of amides is 2. The molecule has 12 heteroatoms. The van der Waals surface area contributed by atoms with Gasteiger partial charge in [-0.25, -0.2) is 12.8 Å². The maximum Gasteiger partial charge on any atom is 0.262 e. The van der Waals surface area contributed by atoms with Crippen LogP contribution in [0.15, 0.2) is 41.3 Å². The second kappa shape index (κ2) is 9.16. The second-order valence-electron chi connectivity index (χ2n) is 7.70. The summed E-state index contributed by atoms with van der Waals surface area (Å²) in [4.78, 5) is 27.4. The Morgan fingerprint density at radius 3 is 2.61 bits per heavy atom. The number of halogens is 2. The van der Waals surface area contributed by atoms with Crippen LogP contribution in [0.3, 0.4) is 0 Å². The SMILES string of the molecule is CN(CC(=O)N1CCN(c2ccccc2F)CC1)S(=O)(=O)c1cc2c(cc1Cl)NC(=O)CO2. The largest absolute Gasteiger partial charge is 0.482 e. The number of nitrogens with zero attached hydrogens (tertiary/aromatic N) is 3. The highest BCUT2D eigenvalue weighted by Gasteiger charge is 2.31. The third-order valence-electron chi connectivity index (χ3n) is 5.54. The Kier molecular flexibility index (Phi) is 6.46. The number of benzene rings is 2. The molecule has 4 rings (SSSR count). The lowest BCUT2D eigenvalue weighted by atomic mass is 10.2. The number of ether oxygens (including phenoxy) is 1. The summed E-state index contributed by atoms with van der Waals surface area (Å²) in [6.07, 6.45) is 0. The summed E-state index contributed by atoms with van der Waals surface area (Å²) in [7, 11) is -2.82. The lowest BCUT2D eigenvalue weighted by molar-refractivity contribution is -0.131. The Labute approximate surface area is 195 Å². The van der Waals surface area contributed by atoms with Gasteiger partial charge in [0.1, 0.15) is 16.5 Å². The molecule has 2 aromatic carbocycles. The number of carbonyl (C=O) groups is 2. The van der Waals surface area contributed by atoms with Crippen molar-refractivity contribution in [3.8, 4) is 5.75 Å². The number of rotatable bonds is 5. The fourth-order valence-electron chi connectivity index (χ4n) is 3.73. The number of piperazine rings is 1. The molecule has 33 heavy (non-hydrogen) atoms. The van der Waals surface area contributed by atoms with Gasteiger partial charge in [0.2, 0.25) is 15.9 Å². The minimum absolute atomic E-state index is 0.0997. The van der Waals surface area contributed by atoms with Crippen molar-refractivity contribution >= 4 is 44.8 Å². The molecule has 0 aliphatic carbocycles. The van der Waals surface area contributed by atoms with Crippen LogP contribution in [0.4, 0.5) is 15.8 Å². The van der Waals surface area contributed by atoms with Crippen molar-refractivity contribution in [1.29, 1.82) is 0 Å². The molecular formula is C21H22ClFN4O5S. The first-order valence-electron chi connectivity index (χ1n) is 10.2. The molecule has 0 aromatic heterocycles. The number of sulfonamides is 1. The topological polar surface area (TPSA) is 99.3 Å². The third-order valence-corrected chi connectivity index (χ3v) is 7.81. The fourth-order valence-corrected chi connectivity index (χ4v) is 5.36. The van der Waals surface area contributed by atoms with Crippen LogP contribution >= 0.6 is 11.6 Å². The fraction of sp³-hybridized carbons (Fsp3) is 0.333. The molecule has 2 heterocycles. The van der Waals surface area contributed by atoms with E-state index in [0.717, 1.165) is 4.31 Å². The minimum Gasteiger partial charge on any atom is -0.482 e. The van der Waals surface area contributed by atoms with E-state index in [1.807, 2.05) is 4.90 Å². The summed E-state index contributed by atoms with van der Waals surface area (Å²) in [5.74, 6) is -0.881. The summed E-state index contributed by atoms with van der Waals surface area (Å²) < 4.78 is 46.4. The first-order chi connectivity index (χ1) is 15.7. The van der Waals surface area contributed by atoms with Crippen molar-refractivity contribution in [2.24, 2.45) is 0 Å². The second-order valence-corrected chi connectivity index (χ2v) is 10.1. The van der Waals surface area contributed by atoms with E-state index in [1.54, 1.807) is 23.1 Å². The van der Waals surface area contributed by atoms with Crippen molar-refractivity contribution in [2.45, 2.75) is 4.90 Å². The number of hydrogen-bond donors (Lipinski definition) is 1. The first-order valence-corrected chi connectivity index (χ1v) is 12.0. The number of carbonyl (C=O) groups excluding carboxylic acids is 2. The molecule has 2 aliphatic heterocycles. The Morgan fingerprint density at radius 1 is 1.21 bits per heavy atom. The van der Waals surface area contributed by atoms with Crippen LogP contribution in [-0.2, 0) is 19.6 Å². The van der Waals surface area contributed by atoms with Crippen LogP contribution in [0.25, 0.3) is 0 Å². The van der Waals surface area contributed by atoms with Crippen LogP contribution in [0.2, 0.25) is 5.02 Å². The number of likely N-dealkylation sites (N-methyl/N-ethyl adjacent to an activating group) is 1. The van der Waals surface area contributed by atoms with E-state index < -0.39 is 10.0 Å². The van der Waals surface area contributed by atoms with E-state index in [2.05, 4.69) is 5.32 Å². The van der Waals surface area contributed by atoms with Gasteiger partial charge in [-0.1, -0.05) is 23.7 Å². The van der Waals surface area contributed by atoms with Gasteiger partial charge in [-0.2, -0.15) is 4.31 Å². The highest BCUT2D eigenvalue weighted by molar-refractivity contribution is 7.89. The average molecular weight is 497 g/mol. The number of nitrogens with one attached hydrogen (secondary N) is 1. The van der Waals surface area contributed by atoms with Crippen molar-refractivity contribution in [2.75, 3.05) is 56.6 Å². The molecule has 1 saturated heterocycles. The summed E-state index contributed by atoms with van der Waals surface area (Å²) in [5.41, 5.74) is 0.756. The van der Waals surface area contributed by atoms with E-state index in [4.69, 9.17) is 16.3 Å². The van der Waals surface area contributed by atoms with E-state index in [1.165, 1.54) is 25.2 Å². The molecule has 0 radical (unpaired) electrons. The molecule has 0 atom stereocenters. The van der Waals surface area contributed by atoms with Crippen molar-refractivity contribution < 1.29 is 27.1 Å². The molecule has 1 N–H and O–H groups in total. The summed E-state index contributed by atoms with van der Waals surface area (Å²) in [6.45, 7) is 0.933. The van der Waals surface area contributed by atoms with Gasteiger partial charge in [-0.05, 0) is 18.2 Å². The van der Waals surface area contributed by atoms with E-state index in [0.29, 0.717) is 31.9 Å². The molecule has 0 bridgehead atoms. The Bertz CT molecular complexity index is 1200. The average Bonchev–Trinajstić information content (AvgIpc) is 2.78. The summed E-state index contributed by atoms with van der Waals surface area (Å²) in [5, 5.41) is 2.46. The van der Waals surface area contributed by atoms with Gasteiger partial charge in [0.05, 0.1) is 22.9 Å². The standard InChI is InChI=1S/C21H22ClFN4O5S/c1-25(33(30,31)19-11-18-16(10-14(19)22)24-20(28)13-32-18)12-21(29)27-8-6-26(7-9-27)17-5-3-2-4-15(17)23/h2-5,10-11H,6-9,12-13H2,1H3,(H,24,28). The predicted octanol–water partition coefficient (Wildman–Crippen LogP) is 1.78. The molecule has 2 amide bonds. The molecule has 2 aromatic rings. The van der Waals surface area contributed by atoms with Gasteiger partial charge >= 0.3 is 0 Å². The van der Waals surface area contributed by atoms with E-state index in [-0.39, 0.29) is 52.1 Å². The molecular weight excluding hydrogens is 475 g/mol. The van der Waals surface area contributed by atoms with Crippen LogP contribution in [-0.4, -0.2) is 75.8 Å². The zero-order chi connectivity index (χ0) is 23.8. The van der Waals surface area contributed by atoms with Gasteiger partial charge < -0.3 is 19.9 Å². The van der Waals surface area contributed by atoms with E-state index in [9.17, 15) is 22.4 Å². The van der Waals surface area contributed by atoms with Crippen LogP contribution in [0.5, 0.6) is 5.75 Å². The molecule has 0 saturated carbocycles. The third kappa shape index (κ3) is 4.75. The highest BCUT2D eigenvalue weighted by atomic mass is 35.5. The first kappa shape index (κ1) is 23.3. The van der Waals surface area contributed by atoms with Gasteiger partial charge in [0.15, 0.2) is 6.61 Å². The molecule has 176 valence electrons. The molecule has 9 nitrogen and oxygen atoms in total. The Hall–Kier alpha value is -2.89. The molecule has 2 aliphatic rings. The van der Waals surface area contributed by atoms with Crippen LogP contribution in [0.1, 0.15) is 0 Å². The number of para-hydroxylation sites is 1.